The molecular weight excluding hydrogens is 435 g/mol. The highest BCUT2D eigenvalue weighted by Crippen LogP contribution is 2.29. The maximum atomic E-state index is 12.6. The first-order valence-electron chi connectivity index (χ1n) is 11.5. The van der Waals surface area contributed by atoms with E-state index in [-0.39, 0.29) is 17.8 Å². The third kappa shape index (κ3) is 7.09. The molecule has 1 aromatic carbocycles. The molecule has 0 radical (unpaired) electrons. The molecular formula is C24H34F3N3O3. The van der Waals surface area contributed by atoms with Crippen LogP contribution in [0.2, 0.25) is 0 Å². The van der Waals surface area contributed by atoms with Gasteiger partial charge in [-0.1, -0.05) is 6.07 Å². The molecule has 9 heteroatoms. The number of hydrogen-bond donors (Lipinski definition) is 1. The number of piperidine rings is 1. The van der Waals surface area contributed by atoms with E-state index in [0.29, 0.717) is 19.0 Å². The second-order valence-corrected chi connectivity index (χ2v) is 10.2. The van der Waals surface area contributed by atoms with Crippen molar-refractivity contribution in [2.24, 2.45) is 5.92 Å². The number of likely N-dealkylation sites (tertiary alicyclic amines) is 1. The minimum Gasteiger partial charge on any atom is -0.444 e. The minimum absolute atomic E-state index is 0.175. The maximum Gasteiger partial charge on any atom is 0.471 e. The molecule has 0 bridgehead atoms. The van der Waals surface area contributed by atoms with Crippen LogP contribution in [0.25, 0.3) is 0 Å². The summed E-state index contributed by atoms with van der Waals surface area (Å²) in [6.45, 7) is 7.87. The summed E-state index contributed by atoms with van der Waals surface area (Å²) in [6, 6.07) is 5.29. The molecule has 1 fully saturated rings. The van der Waals surface area contributed by atoms with Crippen LogP contribution in [-0.2, 0) is 22.4 Å². The Bertz CT molecular complexity index is 859. The predicted molar refractivity (Wildman–Crippen MR) is 120 cm³/mol. The van der Waals surface area contributed by atoms with Gasteiger partial charge in [0.1, 0.15) is 5.60 Å². The molecule has 1 N–H and O–H groups in total. The molecule has 1 aromatic rings. The van der Waals surface area contributed by atoms with Gasteiger partial charge < -0.3 is 19.9 Å². The van der Waals surface area contributed by atoms with Crippen molar-refractivity contribution < 1.29 is 27.5 Å². The van der Waals surface area contributed by atoms with Crippen molar-refractivity contribution in [1.29, 1.82) is 0 Å². The van der Waals surface area contributed by atoms with E-state index < -0.39 is 17.7 Å². The van der Waals surface area contributed by atoms with E-state index in [2.05, 4.69) is 11.9 Å². The van der Waals surface area contributed by atoms with Gasteiger partial charge in [0, 0.05) is 31.4 Å². The van der Waals surface area contributed by atoms with Crippen molar-refractivity contribution in [3.63, 3.8) is 0 Å². The number of nitrogens with one attached hydrogen (secondary N) is 1. The lowest BCUT2D eigenvalue weighted by molar-refractivity contribution is -0.167. The second-order valence-electron chi connectivity index (χ2n) is 10.2. The first-order valence-corrected chi connectivity index (χ1v) is 11.5. The average Bonchev–Trinajstić information content (AvgIpc) is 2.71. The maximum absolute atomic E-state index is 12.6. The Kier molecular flexibility index (Phi) is 7.61. The number of anilines is 1. The molecule has 184 valence electrons. The van der Waals surface area contributed by atoms with Gasteiger partial charge in [-0.2, -0.15) is 13.2 Å². The topological polar surface area (TPSA) is 61.9 Å². The third-order valence-corrected chi connectivity index (χ3v) is 6.36. The van der Waals surface area contributed by atoms with Gasteiger partial charge >= 0.3 is 18.2 Å². The van der Waals surface area contributed by atoms with Crippen molar-refractivity contribution >= 4 is 17.7 Å². The van der Waals surface area contributed by atoms with E-state index in [4.69, 9.17) is 4.74 Å². The molecule has 2 aliphatic rings. The molecule has 1 aliphatic heterocycles. The first kappa shape index (κ1) is 25.3. The molecule has 0 saturated carbocycles. The molecule has 1 saturated heterocycles. The SMILES string of the molecule is CN(CC1CCN(C(=O)OC(C)(C)C)CC1)C1CCc2ccc(NC(=O)C(F)(F)F)cc2C1. The van der Waals surface area contributed by atoms with Gasteiger partial charge in [0.15, 0.2) is 0 Å². The number of aryl methyl sites for hydroxylation is 1. The number of rotatable bonds is 4. The molecule has 33 heavy (non-hydrogen) atoms. The van der Waals surface area contributed by atoms with Gasteiger partial charge in [-0.05, 0) is 89.1 Å². The third-order valence-electron chi connectivity index (χ3n) is 6.36. The Morgan fingerprint density at radius 3 is 2.39 bits per heavy atom. The largest absolute Gasteiger partial charge is 0.471 e. The number of fused-ring (bicyclic) bond motifs is 1. The van der Waals surface area contributed by atoms with Crippen LogP contribution in [0, 0.1) is 5.92 Å². The number of alkyl halides is 3. The zero-order valence-electron chi connectivity index (χ0n) is 19.8. The quantitative estimate of drug-likeness (QED) is 0.699. The van der Waals surface area contributed by atoms with Gasteiger partial charge in [0.25, 0.3) is 0 Å². The number of amides is 2. The Hall–Kier alpha value is -2.29. The lowest BCUT2D eigenvalue weighted by Gasteiger charge is -2.38. The number of likely N-dealkylation sites (N-methyl/N-ethyl adjacent to an activating group) is 1. The molecule has 6 nitrogen and oxygen atoms in total. The standard InChI is InChI=1S/C24H34F3N3O3/c1-23(2,3)33-22(32)30-11-9-16(10-12-30)15-29(4)20-8-6-17-5-7-19(13-18(17)14-20)28-21(31)24(25,26)27/h5,7,13,16,20H,6,8-12,14-15H2,1-4H3,(H,28,31). The van der Waals surface area contributed by atoms with E-state index in [0.717, 1.165) is 49.8 Å². The summed E-state index contributed by atoms with van der Waals surface area (Å²) < 4.78 is 43.1. The fourth-order valence-electron chi connectivity index (χ4n) is 4.57. The van der Waals surface area contributed by atoms with Crippen LogP contribution < -0.4 is 5.32 Å². The van der Waals surface area contributed by atoms with Crippen molar-refractivity contribution in [2.45, 2.75) is 70.7 Å². The summed E-state index contributed by atoms with van der Waals surface area (Å²) in [5.74, 6) is -1.47. The molecule has 2 amide bonds. The summed E-state index contributed by atoms with van der Waals surface area (Å²) in [4.78, 5) is 27.6. The first-order chi connectivity index (χ1) is 15.3. The van der Waals surface area contributed by atoms with Gasteiger partial charge in [0.05, 0.1) is 0 Å². The lowest BCUT2D eigenvalue weighted by atomic mass is 9.86. The number of hydrogen-bond acceptors (Lipinski definition) is 4. The Labute approximate surface area is 193 Å². The normalized spacial score (nSPS) is 19.9. The molecule has 1 heterocycles. The number of carbonyl (C=O) groups is 2. The number of halogens is 3. The number of benzene rings is 1. The molecule has 1 aliphatic carbocycles. The summed E-state index contributed by atoms with van der Waals surface area (Å²) in [5, 5.41) is 1.95. The van der Waals surface area contributed by atoms with Crippen LogP contribution in [0.4, 0.5) is 23.7 Å². The van der Waals surface area contributed by atoms with Gasteiger partial charge in [0.2, 0.25) is 0 Å². The van der Waals surface area contributed by atoms with Crippen LogP contribution in [-0.4, -0.2) is 66.3 Å². The Balaban J connectivity index is 1.52. The molecule has 1 atom stereocenters. The average molecular weight is 470 g/mol. The summed E-state index contributed by atoms with van der Waals surface area (Å²) >= 11 is 0. The number of ether oxygens (including phenoxy) is 1. The van der Waals surface area contributed by atoms with Crippen LogP contribution >= 0.6 is 0 Å². The van der Waals surface area contributed by atoms with E-state index in [9.17, 15) is 22.8 Å². The van der Waals surface area contributed by atoms with Crippen LogP contribution in [0.5, 0.6) is 0 Å². The van der Waals surface area contributed by atoms with E-state index >= 15 is 0 Å². The molecule has 3 rings (SSSR count). The van der Waals surface area contributed by atoms with Crippen LogP contribution in [0.1, 0.15) is 51.2 Å². The number of nitrogens with zero attached hydrogens (tertiary/aromatic N) is 2. The number of carbonyl (C=O) groups excluding carboxylic acids is 2. The second kappa shape index (κ2) is 9.91. The van der Waals surface area contributed by atoms with E-state index in [1.807, 2.05) is 32.2 Å². The summed E-state index contributed by atoms with van der Waals surface area (Å²) in [6.07, 6.45) is -0.757. The van der Waals surface area contributed by atoms with E-state index in [1.54, 1.807) is 11.0 Å². The molecule has 1 unspecified atom stereocenters. The highest BCUT2D eigenvalue weighted by atomic mass is 19.4. The fourth-order valence-corrected chi connectivity index (χ4v) is 4.57. The van der Waals surface area contributed by atoms with Crippen molar-refractivity contribution in [3.8, 4) is 0 Å². The Morgan fingerprint density at radius 1 is 1.12 bits per heavy atom. The van der Waals surface area contributed by atoms with Crippen LogP contribution in [0.15, 0.2) is 18.2 Å². The van der Waals surface area contributed by atoms with E-state index in [1.165, 1.54) is 6.07 Å². The summed E-state index contributed by atoms with van der Waals surface area (Å²) in [7, 11) is 2.09. The smallest absolute Gasteiger partial charge is 0.444 e. The molecule has 0 aromatic heterocycles. The van der Waals surface area contributed by atoms with Crippen molar-refractivity contribution in [2.75, 3.05) is 32.0 Å². The van der Waals surface area contributed by atoms with Gasteiger partial charge in [-0.3, -0.25) is 4.79 Å². The van der Waals surface area contributed by atoms with Crippen molar-refractivity contribution in [1.82, 2.24) is 9.80 Å². The fraction of sp³-hybridized carbons (Fsp3) is 0.667. The zero-order chi connectivity index (χ0) is 24.4. The highest BCUT2D eigenvalue weighted by Gasteiger charge is 2.38. The minimum atomic E-state index is -4.91. The summed E-state index contributed by atoms with van der Waals surface area (Å²) in [5.41, 5.74) is 1.78. The highest BCUT2D eigenvalue weighted by molar-refractivity contribution is 5.95. The van der Waals surface area contributed by atoms with Crippen LogP contribution in [0.3, 0.4) is 0 Å². The zero-order valence-corrected chi connectivity index (χ0v) is 19.8. The predicted octanol–water partition coefficient (Wildman–Crippen LogP) is 4.62. The molecule has 0 spiro atoms. The van der Waals surface area contributed by atoms with Gasteiger partial charge in [-0.25, -0.2) is 4.79 Å². The lowest BCUT2D eigenvalue weighted by Crippen LogP contribution is -2.45. The van der Waals surface area contributed by atoms with Crippen molar-refractivity contribution in [3.05, 3.63) is 29.3 Å². The van der Waals surface area contributed by atoms with Gasteiger partial charge in [-0.15, -0.1) is 0 Å². The Morgan fingerprint density at radius 2 is 1.79 bits per heavy atom. The monoisotopic (exact) mass is 469 g/mol.